The zero-order valence-electron chi connectivity index (χ0n) is 19.3. The maximum absolute atomic E-state index is 13.1. The molecule has 2 aromatic rings. The second-order valence-corrected chi connectivity index (χ2v) is 9.59. The highest BCUT2D eigenvalue weighted by Gasteiger charge is 2.35. The van der Waals surface area contributed by atoms with E-state index in [-0.39, 0.29) is 29.8 Å². The summed E-state index contributed by atoms with van der Waals surface area (Å²) in [7, 11) is 0. The van der Waals surface area contributed by atoms with Gasteiger partial charge in [-0.15, -0.1) is 0 Å². The third-order valence-electron chi connectivity index (χ3n) is 5.79. The second kappa shape index (κ2) is 9.37. The summed E-state index contributed by atoms with van der Waals surface area (Å²) in [5, 5.41) is 0. The van der Waals surface area contributed by atoms with Crippen molar-refractivity contribution >= 4 is 12.0 Å². The van der Waals surface area contributed by atoms with E-state index in [2.05, 4.69) is 4.98 Å². The fraction of sp³-hybridized carbons (Fsp3) is 0.480. The van der Waals surface area contributed by atoms with Gasteiger partial charge in [-0.2, -0.15) is 0 Å². The highest BCUT2D eigenvalue weighted by atomic mass is 19.1. The Bertz CT molecular complexity index is 991. The van der Waals surface area contributed by atoms with Crippen molar-refractivity contribution in [2.45, 2.75) is 51.2 Å². The number of aromatic nitrogens is 1. The first-order valence-corrected chi connectivity index (χ1v) is 11.3. The maximum atomic E-state index is 13.1. The van der Waals surface area contributed by atoms with Gasteiger partial charge in [0.15, 0.2) is 0 Å². The molecule has 1 aromatic heterocycles. The number of nitrogens with zero attached hydrogens (tertiary/aromatic N) is 3. The molecule has 2 amide bonds. The number of hydrogen-bond acceptors (Lipinski definition) is 5. The number of pyridine rings is 1. The molecule has 8 heteroatoms. The Morgan fingerprint density at radius 1 is 1.00 bits per heavy atom. The standard InChI is InChI=1S/C25H30FN3O4/c1-25(2,3)33-24(31)29-15-17(16-29)21-5-4-6-22(27-21)23(30)28-13-11-20(12-14-28)32-19-9-7-18(26)8-10-19/h4-10,17,20H,11-16H2,1-3H3. The van der Waals surface area contributed by atoms with E-state index in [1.54, 1.807) is 28.0 Å². The number of amides is 2. The van der Waals surface area contributed by atoms with E-state index in [1.165, 1.54) is 12.1 Å². The average molecular weight is 456 g/mol. The van der Waals surface area contributed by atoms with E-state index in [0.717, 1.165) is 5.69 Å². The van der Waals surface area contributed by atoms with Crippen molar-refractivity contribution in [1.82, 2.24) is 14.8 Å². The van der Waals surface area contributed by atoms with Crippen molar-refractivity contribution in [3.63, 3.8) is 0 Å². The van der Waals surface area contributed by atoms with Gasteiger partial charge in [-0.05, 0) is 57.2 Å². The highest BCUT2D eigenvalue weighted by molar-refractivity contribution is 5.92. The lowest BCUT2D eigenvalue weighted by Crippen LogP contribution is -2.50. The number of rotatable bonds is 4. The molecule has 0 unspecified atom stereocenters. The minimum atomic E-state index is -0.524. The summed E-state index contributed by atoms with van der Waals surface area (Å²) in [6, 6.07) is 11.5. The molecule has 0 radical (unpaired) electrons. The van der Waals surface area contributed by atoms with Crippen LogP contribution in [0.3, 0.4) is 0 Å². The first-order chi connectivity index (χ1) is 15.7. The Hall–Kier alpha value is -3.16. The monoisotopic (exact) mass is 455 g/mol. The summed E-state index contributed by atoms with van der Waals surface area (Å²) in [5.74, 6) is 0.342. The van der Waals surface area contributed by atoms with Crippen LogP contribution < -0.4 is 4.74 Å². The fourth-order valence-electron chi connectivity index (χ4n) is 3.98. The summed E-state index contributed by atoms with van der Waals surface area (Å²) in [6.45, 7) is 7.75. The quantitative estimate of drug-likeness (QED) is 0.690. The average Bonchev–Trinajstić information content (AvgIpc) is 2.73. The minimum absolute atomic E-state index is 0.00683. The van der Waals surface area contributed by atoms with E-state index in [1.807, 2.05) is 32.9 Å². The number of carbonyl (C=O) groups is 2. The van der Waals surface area contributed by atoms with E-state index in [9.17, 15) is 14.0 Å². The van der Waals surface area contributed by atoms with Gasteiger partial charge in [0.25, 0.3) is 5.91 Å². The van der Waals surface area contributed by atoms with Gasteiger partial charge < -0.3 is 19.3 Å². The van der Waals surface area contributed by atoms with Crippen LogP contribution in [0.5, 0.6) is 5.75 Å². The van der Waals surface area contributed by atoms with Crippen molar-refractivity contribution in [2.75, 3.05) is 26.2 Å². The predicted octanol–water partition coefficient (Wildman–Crippen LogP) is 4.24. The predicted molar refractivity (Wildman–Crippen MR) is 121 cm³/mol. The Kier molecular flexibility index (Phi) is 6.54. The van der Waals surface area contributed by atoms with Crippen LogP contribution in [0.4, 0.5) is 9.18 Å². The fourth-order valence-corrected chi connectivity index (χ4v) is 3.98. The zero-order valence-corrected chi connectivity index (χ0v) is 19.3. The lowest BCUT2D eigenvalue weighted by molar-refractivity contribution is 0.00780. The zero-order chi connectivity index (χ0) is 23.6. The lowest BCUT2D eigenvalue weighted by atomic mass is 9.96. The summed E-state index contributed by atoms with van der Waals surface area (Å²) < 4.78 is 24.4. The molecule has 0 atom stereocenters. The van der Waals surface area contributed by atoms with Gasteiger partial charge in [0.05, 0.1) is 0 Å². The van der Waals surface area contributed by atoms with Crippen molar-refractivity contribution < 1.29 is 23.5 Å². The van der Waals surface area contributed by atoms with Crippen molar-refractivity contribution in [1.29, 1.82) is 0 Å². The summed E-state index contributed by atoms with van der Waals surface area (Å²) in [4.78, 5) is 33.2. The molecule has 2 aliphatic heterocycles. The van der Waals surface area contributed by atoms with Gasteiger partial charge in [-0.25, -0.2) is 14.2 Å². The van der Waals surface area contributed by atoms with Gasteiger partial charge in [-0.3, -0.25) is 4.79 Å². The van der Waals surface area contributed by atoms with E-state index < -0.39 is 5.60 Å². The number of piperidine rings is 1. The summed E-state index contributed by atoms with van der Waals surface area (Å²) >= 11 is 0. The van der Waals surface area contributed by atoms with Crippen molar-refractivity contribution in [2.24, 2.45) is 0 Å². The molecular formula is C25H30FN3O4. The lowest BCUT2D eigenvalue weighted by Gasteiger charge is -2.39. The molecule has 2 fully saturated rings. The molecule has 1 aromatic carbocycles. The Morgan fingerprint density at radius 3 is 2.30 bits per heavy atom. The third-order valence-corrected chi connectivity index (χ3v) is 5.79. The Morgan fingerprint density at radius 2 is 1.67 bits per heavy atom. The van der Waals surface area contributed by atoms with Crippen LogP contribution in [-0.2, 0) is 4.74 Å². The van der Waals surface area contributed by atoms with Gasteiger partial charge in [0, 0.05) is 50.6 Å². The van der Waals surface area contributed by atoms with Crippen LogP contribution in [0.2, 0.25) is 0 Å². The number of likely N-dealkylation sites (tertiary alicyclic amines) is 2. The molecule has 33 heavy (non-hydrogen) atoms. The summed E-state index contributed by atoms with van der Waals surface area (Å²) in [5.41, 5.74) is 0.709. The maximum Gasteiger partial charge on any atom is 0.410 e. The topological polar surface area (TPSA) is 72.0 Å². The molecule has 2 saturated heterocycles. The van der Waals surface area contributed by atoms with Crippen molar-refractivity contribution in [3.05, 3.63) is 59.7 Å². The van der Waals surface area contributed by atoms with Crippen LogP contribution in [0, 0.1) is 5.82 Å². The first-order valence-electron chi connectivity index (χ1n) is 11.3. The Balaban J connectivity index is 1.29. The molecule has 2 aliphatic rings. The smallest absolute Gasteiger partial charge is 0.410 e. The van der Waals surface area contributed by atoms with Gasteiger partial charge >= 0.3 is 6.09 Å². The first kappa shape index (κ1) is 23.0. The number of benzene rings is 1. The van der Waals surface area contributed by atoms with Crippen LogP contribution in [0.25, 0.3) is 0 Å². The molecule has 0 bridgehead atoms. The molecular weight excluding hydrogens is 425 g/mol. The number of carbonyl (C=O) groups excluding carboxylic acids is 2. The van der Waals surface area contributed by atoms with E-state index in [0.29, 0.717) is 50.5 Å². The number of ether oxygens (including phenoxy) is 2. The largest absolute Gasteiger partial charge is 0.490 e. The molecule has 0 N–H and O–H groups in total. The van der Waals surface area contributed by atoms with Gasteiger partial charge in [0.1, 0.15) is 29.0 Å². The molecule has 0 saturated carbocycles. The Labute approximate surface area is 193 Å². The molecule has 0 spiro atoms. The molecule has 3 heterocycles. The number of hydrogen-bond donors (Lipinski definition) is 0. The molecule has 176 valence electrons. The van der Waals surface area contributed by atoms with Gasteiger partial charge in [-0.1, -0.05) is 6.07 Å². The molecule has 0 aliphatic carbocycles. The highest BCUT2D eigenvalue weighted by Crippen LogP contribution is 2.28. The van der Waals surface area contributed by atoms with E-state index in [4.69, 9.17) is 9.47 Å². The van der Waals surface area contributed by atoms with Crippen molar-refractivity contribution in [3.8, 4) is 5.75 Å². The normalized spacial score (nSPS) is 17.5. The second-order valence-electron chi connectivity index (χ2n) is 9.59. The number of halogens is 1. The van der Waals surface area contributed by atoms with Crippen LogP contribution in [0.1, 0.15) is 55.7 Å². The molecule has 7 nitrogen and oxygen atoms in total. The van der Waals surface area contributed by atoms with E-state index >= 15 is 0 Å². The van der Waals surface area contributed by atoms with Crippen LogP contribution >= 0.6 is 0 Å². The van der Waals surface area contributed by atoms with Crippen LogP contribution in [-0.4, -0.2) is 64.7 Å². The van der Waals surface area contributed by atoms with Crippen LogP contribution in [0.15, 0.2) is 42.5 Å². The minimum Gasteiger partial charge on any atom is -0.490 e. The SMILES string of the molecule is CC(C)(C)OC(=O)N1CC(c2cccc(C(=O)N3CCC(Oc4ccc(F)cc4)CC3)n2)C1. The molecule has 4 rings (SSSR count). The summed E-state index contributed by atoms with van der Waals surface area (Å²) in [6.07, 6.45) is 1.08. The third kappa shape index (κ3) is 5.80. The van der Waals surface area contributed by atoms with Gasteiger partial charge in [0.2, 0.25) is 0 Å².